The molecule has 4 aromatic carbocycles. The van der Waals surface area contributed by atoms with Crippen molar-refractivity contribution < 1.29 is 19.1 Å². The Labute approximate surface area is 186 Å². The number of ketones is 1. The number of fused-ring (bicyclic) bond motifs is 2. The Morgan fingerprint density at radius 3 is 2.53 bits per heavy atom. The molecule has 0 fully saturated rings. The topological polar surface area (TPSA) is 70.2 Å². The highest BCUT2D eigenvalue weighted by Crippen LogP contribution is 2.39. The summed E-state index contributed by atoms with van der Waals surface area (Å²) in [7, 11) is 0. The number of aromatic hydroxyl groups is 1. The summed E-state index contributed by atoms with van der Waals surface area (Å²) < 4.78 is 13.7. The van der Waals surface area contributed by atoms with E-state index in [4.69, 9.17) is 11.6 Å². The maximum absolute atomic E-state index is 13.7. The van der Waals surface area contributed by atoms with E-state index in [-0.39, 0.29) is 17.0 Å². The average Bonchev–Trinajstić information content (AvgIpc) is 3.11. The van der Waals surface area contributed by atoms with Crippen molar-refractivity contribution in [3.05, 3.63) is 100 Å². The number of rotatable bonds is 4. The lowest BCUT2D eigenvalue weighted by molar-refractivity contribution is 0.103. The van der Waals surface area contributed by atoms with Gasteiger partial charge in [0, 0.05) is 22.1 Å². The summed E-state index contributed by atoms with van der Waals surface area (Å²) in [6.07, 6.45) is 0.783. The van der Waals surface area contributed by atoms with Crippen molar-refractivity contribution >= 4 is 45.3 Å². The zero-order chi connectivity index (χ0) is 22.4. The maximum Gasteiger partial charge on any atom is 0.200 e. The van der Waals surface area contributed by atoms with Crippen molar-refractivity contribution in [1.82, 2.24) is 4.98 Å². The summed E-state index contributed by atoms with van der Waals surface area (Å²) in [6.45, 7) is 0. The van der Waals surface area contributed by atoms with Gasteiger partial charge < -0.3 is 10.1 Å². The van der Waals surface area contributed by atoms with E-state index in [9.17, 15) is 19.1 Å². The quantitative estimate of drug-likeness (QED) is 0.245. The standard InChI is InChI=1S/C26H15ClFNO3/c27-22-12-23-20(24(26(32)29-23)25(31)15-5-3-6-16(28)10-15)11-19(22)18-9-8-14-4-1-2-7-17(14)21(18)13-30/h1-13,29,32H. The van der Waals surface area contributed by atoms with Crippen molar-refractivity contribution in [2.24, 2.45) is 0 Å². The Bertz CT molecular complexity index is 1550. The number of carbonyl (C=O) groups excluding carboxylic acids is 2. The highest BCUT2D eigenvalue weighted by molar-refractivity contribution is 6.35. The van der Waals surface area contributed by atoms with Crippen LogP contribution in [0.25, 0.3) is 32.8 Å². The van der Waals surface area contributed by atoms with Gasteiger partial charge in [0.1, 0.15) is 5.82 Å². The normalized spacial score (nSPS) is 11.2. The van der Waals surface area contributed by atoms with Crippen LogP contribution in [0.2, 0.25) is 5.02 Å². The number of nitrogens with one attached hydrogen (secondary N) is 1. The summed E-state index contributed by atoms with van der Waals surface area (Å²) >= 11 is 6.54. The molecule has 0 saturated carbocycles. The maximum atomic E-state index is 13.7. The van der Waals surface area contributed by atoms with Crippen LogP contribution >= 0.6 is 11.6 Å². The predicted octanol–water partition coefficient (Wildman–Crippen LogP) is 6.53. The molecule has 156 valence electrons. The fourth-order valence-electron chi connectivity index (χ4n) is 4.07. The van der Waals surface area contributed by atoms with Gasteiger partial charge in [0.2, 0.25) is 5.88 Å². The minimum Gasteiger partial charge on any atom is -0.494 e. The van der Waals surface area contributed by atoms with E-state index in [0.29, 0.717) is 32.6 Å². The molecule has 0 aliphatic carbocycles. The Morgan fingerprint density at radius 1 is 0.938 bits per heavy atom. The molecule has 5 aromatic rings. The Hall–Kier alpha value is -3.96. The lowest BCUT2D eigenvalue weighted by Gasteiger charge is -2.11. The number of halogens is 2. The number of aldehydes is 1. The van der Waals surface area contributed by atoms with Crippen LogP contribution in [0.1, 0.15) is 26.3 Å². The van der Waals surface area contributed by atoms with Gasteiger partial charge in [-0.15, -0.1) is 0 Å². The van der Waals surface area contributed by atoms with Gasteiger partial charge in [0.05, 0.1) is 16.1 Å². The molecule has 0 saturated heterocycles. The van der Waals surface area contributed by atoms with Crippen LogP contribution in [0.5, 0.6) is 5.88 Å². The third-order valence-electron chi connectivity index (χ3n) is 5.56. The summed E-state index contributed by atoms with van der Waals surface area (Å²) in [4.78, 5) is 27.9. The van der Waals surface area contributed by atoms with Crippen LogP contribution < -0.4 is 0 Å². The molecule has 0 amide bonds. The molecule has 0 aliphatic rings. The summed E-state index contributed by atoms with van der Waals surface area (Å²) in [5.41, 5.74) is 2.19. The van der Waals surface area contributed by atoms with Crippen LogP contribution in [0, 0.1) is 5.82 Å². The molecule has 1 aromatic heterocycles. The van der Waals surface area contributed by atoms with Gasteiger partial charge in [-0.2, -0.15) is 0 Å². The number of aromatic amines is 1. The third-order valence-corrected chi connectivity index (χ3v) is 5.87. The first-order chi connectivity index (χ1) is 15.5. The lowest BCUT2D eigenvalue weighted by atomic mass is 9.93. The van der Waals surface area contributed by atoms with Gasteiger partial charge in [0.15, 0.2) is 12.1 Å². The molecule has 5 rings (SSSR count). The molecule has 2 N–H and O–H groups in total. The Balaban J connectivity index is 1.76. The van der Waals surface area contributed by atoms with E-state index >= 15 is 0 Å². The zero-order valence-electron chi connectivity index (χ0n) is 16.5. The molecule has 0 aliphatic heterocycles. The van der Waals surface area contributed by atoms with Gasteiger partial charge in [-0.1, -0.05) is 60.1 Å². The van der Waals surface area contributed by atoms with E-state index in [2.05, 4.69) is 4.98 Å². The molecule has 0 spiro atoms. The fraction of sp³-hybridized carbons (Fsp3) is 0. The van der Waals surface area contributed by atoms with Gasteiger partial charge in [-0.25, -0.2) is 4.39 Å². The number of H-pyrrole nitrogens is 1. The molecule has 0 radical (unpaired) electrons. The van der Waals surface area contributed by atoms with Gasteiger partial charge in [-0.05, 0) is 40.6 Å². The predicted molar refractivity (Wildman–Crippen MR) is 123 cm³/mol. The molecule has 1 heterocycles. The minimum absolute atomic E-state index is 0.0111. The van der Waals surface area contributed by atoms with E-state index in [1.165, 1.54) is 18.2 Å². The summed E-state index contributed by atoms with van der Waals surface area (Å²) in [5, 5.41) is 12.9. The Kier molecular flexibility index (Phi) is 4.76. The molecule has 0 unspecified atom stereocenters. The Morgan fingerprint density at radius 2 is 1.75 bits per heavy atom. The fourth-order valence-corrected chi connectivity index (χ4v) is 4.33. The highest BCUT2D eigenvalue weighted by Gasteiger charge is 2.22. The second-order valence-corrected chi connectivity index (χ2v) is 7.84. The first kappa shape index (κ1) is 20.0. The molecule has 6 heteroatoms. The molecule has 0 bridgehead atoms. The van der Waals surface area contributed by atoms with E-state index in [1.807, 2.05) is 30.3 Å². The smallest absolute Gasteiger partial charge is 0.200 e. The van der Waals surface area contributed by atoms with Crippen molar-refractivity contribution in [3.8, 4) is 17.0 Å². The van der Waals surface area contributed by atoms with E-state index in [1.54, 1.807) is 18.2 Å². The average molecular weight is 444 g/mol. The SMILES string of the molecule is O=Cc1c(-c2cc3c(C(=O)c4cccc(F)c4)c(O)[nH]c3cc2Cl)ccc2ccccc12. The van der Waals surface area contributed by atoms with Crippen molar-refractivity contribution in [3.63, 3.8) is 0 Å². The monoisotopic (exact) mass is 443 g/mol. The lowest BCUT2D eigenvalue weighted by Crippen LogP contribution is -2.01. The number of carbonyl (C=O) groups is 2. The minimum atomic E-state index is -0.550. The third kappa shape index (κ3) is 3.15. The van der Waals surface area contributed by atoms with Crippen LogP contribution in [0.15, 0.2) is 72.8 Å². The summed E-state index contributed by atoms with van der Waals surface area (Å²) in [6, 6.07) is 19.7. The van der Waals surface area contributed by atoms with Crippen LogP contribution in [-0.4, -0.2) is 22.2 Å². The van der Waals surface area contributed by atoms with Crippen molar-refractivity contribution in [2.75, 3.05) is 0 Å². The molecule has 32 heavy (non-hydrogen) atoms. The number of benzene rings is 4. The second-order valence-electron chi connectivity index (χ2n) is 7.43. The van der Waals surface area contributed by atoms with Gasteiger partial charge in [0.25, 0.3) is 0 Å². The van der Waals surface area contributed by atoms with Gasteiger partial charge in [-0.3, -0.25) is 9.59 Å². The van der Waals surface area contributed by atoms with E-state index in [0.717, 1.165) is 23.1 Å². The molecule has 4 nitrogen and oxygen atoms in total. The zero-order valence-corrected chi connectivity index (χ0v) is 17.3. The molecular weight excluding hydrogens is 429 g/mol. The van der Waals surface area contributed by atoms with Crippen LogP contribution in [0.4, 0.5) is 4.39 Å². The van der Waals surface area contributed by atoms with Crippen molar-refractivity contribution in [1.29, 1.82) is 0 Å². The van der Waals surface area contributed by atoms with Crippen LogP contribution in [0.3, 0.4) is 0 Å². The highest BCUT2D eigenvalue weighted by atomic mass is 35.5. The van der Waals surface area contributed by atoms with Crippen molar-refractivity contribution in [2.45, 2.75) is 0 Å². The molecule has 0 atom stereocenters. The summed E-state index contributed by atoms with van der Waals surface area (Å²) in [5.74, 6) is -1.42. The number of aromatic nitrogens is 1. The van der Waals surface area contributed by atoms with Gasteiger partial charge >= 0.3 is 0 Å². The van der Waals surface area contributed by atoms with Crippen LogP contribution in [-0.2, 0) is 0 Å². The van der Waals surface area contributed by atoms with E-state index < -0.39 is 11.6 Å². The first-order valence-electron chi connectivity index (χ1n) is 9.79. The number of hydrogen-bond donors (Lipinski definition) is 2. The largest absolute Gasteiger partial charge is 0.494 e. The molecular formula is C26H15ClFNO3. The first-order valence-corrected chi connectivity index (χ1v) is 10.2. The number of hydrogen-bond acceptors (Lipinski definition) is 3. The second kappa shape index (κ2) is 7.62.